The van der Waals surface area contributed by atoms with E-state index in [9.17, 15) is 0 Å². The van der Waals surface area contributed by atoms with Gasteiger partial charge in [0.25, 0.3) is 0 Å². The summed E-state index contributed by atoms with van der Waals surface area (Å²) in [5, 5.41) is 1.18. The molecule has 0 fully saturated rings. The van der Waals surface area contributed by atoms with Crippen molar-refractivity contribution in [2.45, 2.75) is 85.5 Å². The van der Waals surface area contributed by atoms with Gasteiger partial charge in [-0.3, -0.25) is 0 Å². The Hall–Kier alpha value is -2.10. The summed E-state index contributed by atoms with van der Waals surface area (Å²) in [4.78, 5) is 13.0. The molecule has 0 atom stereocenters. The van der Waals surface area contributed by atoms with Gasteiger partial charge >= 0.3 is 0 Å². The van der Waals surface area contributed by atoms with Crippen molar-refractivity contribution >= 4 is 27.8 Å². The van der Waals surface area contributed by atoms with Crippen LogP contribution in [0.3, 0.4) is 0 Å². The number of nitrogens with two attached hydrogens (primary N) is 1. The number of fused-ring (bicyclic) bond motifs is 3. The normalized spacial score (nSPS) is 12.3. The average Bonchev–Trinajstić information content (AvgIpc) is 3.06. The molecule has 2 aromatic heterocycles. The molecule has 0 aliphatic heterocycles. The zero-order valence-corrected chi connectivity index (χ0v) is 18.1. The van der Waals surface area contributed by atoms with Gasteiger partial charge in [0, 0.05) is 11.8 Å². The number of hydrogen-bond donors (Lipinski definition) is 2. The fourth-order valence-corrected chi connectivity index (χ4v) is 3.92. The number of nitrogen functional groups attached to an aromatic ring is 1. The minimum Gasteiger partial charge on any atom is -0.382 e. The predicted molar refractivity (Wildman–Crippen MR) is 121 cm³/mol. The van der Waals surface area contributed by atoms with Crippen LogP contribution in [0.25, 0.3) is 21.9 Å². The van der Waals surface area contributed by atoms with Gasteiger partial charge in [-0.05, 0) is 42.7 Å². The highest BCUT2D eigenvalue weighted by molar-refractivity contribution is 6.07. The van der Waals surface area contributed by atoms with E-state index in [0.717, 1.165) is 48.1 Å². The maximum Gasteiger partial charge on any atom is 0.150 e. The Labute approximate surface area is 169 Å². The maximum absolute atomic E-state index is 6.22. The quantitative estimate of drug-likeness (QED) is 0.412. The molecule has 0 radical (unpaired) electrons. The number of aryl methyl sites for hydroxylation is 2. The number of pyridine rings is 1. The van der Waals surface area contributed by atoms with E-state index in [1.54, 1.807) is 0 Å². The number of benzene rings is 1. The molecule has 0 unspecified atom stereocenters. The molecule has 0 saturated heterocycles. The number of hydrogen-bond acceptors (Lipinski definition) is 3. The highest BCUT2D eigenvalue weighted by atomic mass is 15.0. The van der Waals surface area contributed by atoms with Crippen LogP contribution < -0.4 is 5.73 Å². The lowest BCUT2D eigenvalue weighted by atomic mass is 9.89. The monoisotopic (exact) mass is 380 g/mol. The first-order chi connectivity index (χ1) is 13.4. The molecule has 0 bridgehead atoms. The van der Waals surface area contributed by atoms with Crippen LogP contribution in [0.5, 0.6) is 0 Å². The highest BCUT2D eigenvalue weighted by Crippen LogP contribution is 2.30. The summed E-state index contributed by atoms with van der Waals surface area (Å²) in [5.74, 6) is 1.58. The second-order valence-electron chi connectivity index (χ2n) is 9.29. The molecule has 4 heteroatoms. The fourth-order valence-electron chi connectivity index (χ4n) is 3.92. The molecule has 0 spiro atoms. The van der Waals surface area contributed by atoms with Crippen molar-refractivity contribution in [2.75, 3.05) is 5.73 Å². The summed E-state index contributed by atoms with van der Waals surface area (Å²) in [7, 11) is 0. The summed E-state index contributed by atoms with van der Waals surface area (Å²) in [5.41, 5.74) is 10.9. The standard InChI is InChI=1S/C24H36N4/c1-5-6-15-19-27-21-20-17(12-9-7-8-10-16-24(2,3)4)13-11-14-18(20)26-23(25)22(21)28-19/h11,13-14H,5-10,12,15-16H2,1-4H3,(H2,25,26)(H,27,28). The second-order valence-corrected chi connectivity index (χ2v) is 9.29. The van der Waals surface area contributed by atoms with Crippen molar-refractivity contribution in [1.82, 2.24) is 15.0 Å². The molecule has 4 nitrogen and oxygen atoms in total. The lowest BCUT2D eigenvalue weighted by Gasteiger charge is -2.17. The average molecular weight is 381 g/mol. The minimum atomic E-state index is 0.447. The third-order valence-corrected chi connectivity index (χ3v) is 5.51. The van der Waals surface area contributed by atoms with E-state index >= 15 is 0 Å². The van der Waals surface area contributed by atoms with E-state index in [1.165, 1.54) is 43.1 Å². The number of H-pyrrole nitrogens is 1. The molecule has 2 heterocycles. The topological polar surface area (TPSA) is 67.6 Å². The molecule has 3 rings (SSSR count). The van der Waals surface area contributed by atoms with Gasteiger partial charge in [-0.2, -0.15) is 0 Å². The van der Waals surface area contributed by atoms with Crippen LogP contribution in [0.15, 0.2) is 18.2 Å². The van der Waals surface area contributed by atoms with Crippen LogP contribution in [0, 0.1) is 5.41 Å². The van der Waals surface area contributed by atoms with Gasteiger partial charge in [0.2, 0.25) is 0 Å². The first-order valence-corrected chi connectivity index (χ1v) is 10.9. The number of imidazole rings is 1. The van der Waals surface area contributed by atoms with Crippen molar-refractivity contribution < 1.29 is 0 Å². The molecule has 0 aliphatic carbocycles. The van der Waals surface area contributed by atoms with Gasteiger partial charge in [-0.25, -0.2) is 9.97 Å². The van der Waals surface area contributed by atoms with Gasteiger partial charge in [0.1, 0.15) is 22.7 Å². The van der Waals surface area contributed by atoms with E-state index in [-0.39, 0.29) is 0 Å². The van der Waals surface area contributed by atoms with Gasteiger partial charge < -0.3 is 10.7 Å². The smallest absolute Gasteiger partial charge is 0.150 e. The Kier molecular flexibility index (Phi) is 6.58. The second kappa shape index (κ2) is 8.93. The summed E-state index contributed by atoms with van der Waals surface area (Å²) >= 11 is 0. The predicted octanol–water partition coefficient (Wildman–Crippen LogP) is 6.58. The number of aromatic amines is 1. The SMILES string of the molecule is CCCCc1nc2c([nH]1)c(N)nc1cccc(CCCCCCC(C)(C)C)c12. The zero-order valence-electron chi connectivity index (χ0n) is 18.1. The molecule has 152 valence electrons. The number of unbranched alkanes of at least 4 members (excludes halogenated alkanes) is 4. The van der Waals surface area contributed by atoms with Crippen LogP contribution >= 0.6 is 0 Å². The molecule has 28 heavy (non-hydrogen) atoms. The third-order valence-electron chi connectivity index (χ3n) is 5.51. The number of nitrogens with zero attached hydrogens (tertiary/aromatic N) is 2. The maximum atomic E-state index is 6.22. The fraction of sp³-hybridized carbons (Fsp3) is 0.583. The lowest BCUT2D eigenvalue weighted by molar-refractivity contribution is 0.357. The Morgan fingerprint density at radius 3 is 2.50 bits per heavy atom. The number of nitrogens with one attached hydrogen (secondary N) is 1. The zero-order chi connectivity index (χ0) is 20.1. The van der Waals surface area contributed by atoms with Gasteiger partial charge in [-0.1, -0.05) is 65.5 Å². The van der Waals surface area contributed by atoms with Crippen molar-refractivity contribution in [3.63, 3.8) is 0 Å². The lowest BCUT2D eigenvalue weighted by Crippen LogP contribution is -2.03. The first-order valence-electron chi connectivity index (χ1n) is 10.9. The molecular formula is C24H36N4. The molecule has 0 aliphatic rings. The minimum absolute atomic E-state index is 0.447. The van der Waals surface area contributed by atoms with E-state index < -0.39 is 0 Å². The van der Waals surface area contributed by atoms with Crippen LogP contribution in [-0.2, 0) is 12.8 Å². The van der Waals surface area contributed by atoms with Crippen molar-refractivity contribution in [3.05, 3.63) is 29.6 Å². The third kappa shape index (κ3) is 5.03. The molecule has 0 saturated carbocycles. The van der Waals surface area contributed by atoms with E-state index in [0.29, 0.717) is 11.2 Å². The van der Waals surface area contributed by atoms with Crippen molar-refractivity contribution in [1.29, 1.82) is 0 Å². The summed E-state index contributed by atoms with van der Waals surface area (Å²) in [6.07, 6.45) is 10.8. The largest absolute Gasteiger partial charge is 0.382 e. The molecule has 0 amide bonds. The summed E-state index contributed by atoms with van der Waals surface area (Å²) < 4.78 is 0. The van der Waals surface area contributed by atoms with Crippen molar-refractivity contribution in [2.24, 2.45) is 5.41 Å². The molecular weight excluding hydrogens is 344 g/mol. The number of rotatable bonds is 9. The molecule has 1 aromatic carbocycles. The first kappa shape index (κ1) is 20.6. The highest BCUT2D eigenvalue weighted by Gasteiger charge is 2.14. The van der Waals surface area contributed by atoms with Crippen LogP contribution in [0.1, 0.15) is 84.0 Å². The summed E-state index contributed by atoms with van der Waals surface area (Å²) in [6, 6.07) is 6.38. The Balaban J connectivity index is 1.77. The Bertz CT molecular complexity index is 918. The number of anilines is 1. The van der Waals surface area contributed by atoms with E-state index in [1.807, 2.05) is 0 Å². The van der Waals surface area contributed by atoms with Crippen LogP contribution in [-0.4, -0.2) is 15.0 Å². The Morgan fingerprint density at radius 2 is 1.75 bits per heavy atom. The number of aromatic nitrogens is 3. The molecule has 3 aromatic rings. The molecule has 3 N–H and O–H groups in total. The summed E-state index contributed by atoms with van der Waals surface area (Å²) in [6.45, 7) is 9.18. The van der Waals surface area contributed by atoms with Gasteiger partial charge in [0.15, 0.2) is 0 Å². The van der Waals surface area contributed by atoms with Gasteiger partial charge in [0.05, 0.1) is 5.52 Å². The van der Waals surface area contributed by atoms with Crippen LogP contribution in [0.2, 0.25) is 0 Å². The van der Waals surface area contributed by atoms with E-state index in [2.05, 4.69) is 55.9 Å². The Morgan fingerprint density at radius 1 is 0.964 bits per heavy atom. The van der Waals surface area contributed by atoms with E-state index in [4.69, 9.17) is 10.7 Å². The van der Waals surface area contributed by atoms with Crippen molar-refractivity contribution in [3.8, 4) is 0 Å². The van der Waals surface area contributed by atoms with Crippen LogP contribution in [0.4, 0.5) is 5.82 Å². The van der Waals surface area contributed by atoms with Gasteiger partial charge in [-0.15, -0.1) is 0 Å².